The van der Waals surface area contributed by atoms with Crippen molar-refractivity contribution < 1.29 is 13.2 Å². The molecule has 5 rings (SSSR count). The van der Waals surface area contributed by atoms with E-state index < -0.39 is 11.9 Å². The minimum absolute atomic E-state index is 0.208. The van der Waals surface area contributed by atoms with Gasteiger partial charge >= 0.3 is 6.18 Å². The van der Waals surface area contributed by atoms with E-state index in [0.717, 1.165) is 40.9 Å². The molecule has 0 aliphatic heterocycles. The Morgan fingerprint density at radius 2 is 1.73 bits per heavy atom. The maximum absolute atomic E-state index is 13.6. The van der Waals surface area contributed by atoms with Crippen LogP contribution in [0.3, 0.4) is 0 Å². The second kappa shape index (κ2) is 10.8. The summed E-state index contributed by atoms with van der Waals surface area (Å²) >= 11 is 0. The van der Waals surface area contributed by atoms with Crippen molar-refractivity contribution in [2.24, 2.45) is 0 Å². The topological polar surface area (TPSA) is 55.6 Å². The number of fused-ring (bicyclic) bond motifs is 1. The van der Waals surface area contributed by atoms with Crippen molar-refractivity contribution in [3.8, 4) is 11.3 Å². The number of rotatable bonds is 8. The molecule has 0 amide bonds. The Balaban J connectivity index is 1.39. The van der Waals surface area contributed by atoms with E-state index in [1.807, 2.05) is 42.5 Å². The smallest absolute Gasteiger partial charge is 0.305 e. The molecule has 37 heavy (non-hydrogen) atoms. The van der Waals surface area contributed by atoms with Crippen LogP contribution in [0.2, 0.25) is 0 Å². The van der Waals surface area contributed by atoms with Crippen LogP contribution in [0, 0.1) is 6.92 Å². The highest BCUT2D eigenvalue weighted by Gasteiger charge is 2.39. The highest BCUT2D eigenvalue weighted by molar-refractivity contribution is 5.62. The first-order valence-electron chi connectivity index (χ1n) is 12.7. The van der Waals surface area contributed by atoms with Gasteiger partial charge < -0.3 is 5.32 Å². The maximum Gasteiger partial charge on any atom is 0.435 e. The maximum atomic E-state index is 13.6. The molecule has 192 valence electrons. The van der Waals surface area contributed by atoms with Gasteiger partial charge in [-0.3, -0.25) is 4.68 Å². The molecule has 0 bridgehead atoms. The van der Waals surface area contributed by atoms with Crippen molar-refractivity contribution in [1.82, 2.24) is 25.1 Å². The zero-order valence-electron chi connectivity index (χ0n) is 20.8. The summed E-state index contributed by atoms with van der Waals surface area (Å²) in [5.74, 6) is 0.656. The number of nitrogens with zero attached hydrogens (tertiary/aromatic N) is 4. The lowest BCUT2D eigenvalue weighted by molar-refractivity contribution is -0.142. The molecule has 0 fully saturated rings. The molecule has 0 saturated heterocycles. The number of benzene rings is 2. The predicted octanol–water partition coefficient (Wildman–Crippen LogP) is 6.12. The van der Waals surface area contributed by atoms with E-state index in [9.17, 15) is 13.2 Å². The molecular weight excluding hydrogens is 475 g/mol. The van der Waals surface area contributed by atoms with E-state index in [4.69, 9.17) is 4.98 Å². The molecule has 1 N–H and O–H groups in total. The molecule has 0 radical (unpaired) electrons. The highest BCUT2D eigenvalue weighted by Crippen LogP contribution is 2.35. The minimum atomic E-state index is -4.43. The van der Waals surface area contributed by atoms with E-state index in [-0.39, 0.29) is 6.04 Å². The first-order chi connectivity index (χ1) is 17.9. The van der Waals surface area contributed by atoms with Gasteiger partial charge in [0.15, 0.2) is 5.69 Å². The molecule has 2 aromatic heterocycles. The molecule has 1 unspecified atom stereocenters. The van der Waals surface area contributed by atoms with Crippen LogP contribution in [0.15, 0.2) is 66.9 Å². The van der Waals surface area contributed by atoms with Crippen LogP contribution in [0.4, 0.5) is 13.2 Å². The van der Waals surface area contributed by atoms with Gasteiger partial charge in [-0.2, -0.15) is 18.3 Å². The van der Waals surface area contributed by atoms with E-state index in [1.165, 1.54) is 0 Å². The van der Waals surface area contributed by atoms with E-state index in [1.54, 1.807) is 10.9 Å². The molecule has 0 saturated carbocycles. The highest BCUT2D eigenvalue weighted by atomic mass is 19.4. The average Bonchev–Trinajstić information content (AvgIpc) is 3.28. The van der Waals surface area contributed by atoms with Gasteiger partial charge in [0, 0.05) is 29.6 Å². The molecule has 1 aliphatic rings. The molecule has 1 atom stereocenters. The van der Waals surface area contributed by atoms with Gasteiger partial charge in [-0.05, 0) is 56.2 Å². The van der Waals surface area contributed by atoms with Gasteiger partial charge in [-0.1, -0.05) is 54.6 Å². The fraction of sp³-hybridized carbons (Fsp3) is 0.345. The lowest BCUT2D eigenvalue weighted by Gasteiger charge is -2.20. The Morgan fingerprint density at radius 1 is 0.973 bits per heavy atom. The van der Waals surface area contributed by atoms with E-state index in [2.05, 4.69) is 40.5 Å². The van der Waals surface area contributed by atoms with E-state index in [0.29, 0.717) is 43.7 Å². The number of alkyl halides is 3. The van der Waals surface area contributed by atoms with Crippen LogP contribution in [0.5, 0.6) is 0 Å². The van der Waals surface area contributed by atoms with Crippen LogP contribution >= 0.6 is 0 Å². The van der Waals surface area contributed by atoms with Gasteiger partial charge in [0.05, 0.1) is 18.3 Å². The molecule has 2 heterocycles. The van der Waals surface area contributed by atoms with Crippen LogP contribution in [0.1, 0.15) is 52.8 Å². The van der Waals surface area contributed by atoms with Crippen LogP contribution in [0.25, 0.3) is 11.3 Å². The average molecular weight is 506 g/mol. The van der Waals surface area contributed by atoms with Crippen molar-refractivity contribution in [2.45, 2.75) is 57.8 Å². The second-order valence-corrected chi connectivity index (χ2v) is 9.51. The fourth-order valence-electron chi connectivity index (χ4n) is 5.08. The monoisotopic (exact) mass is 505 g/mol. The summed E-state index contributed by atoms with van der Waals surface area (Å²) in [5, 5.41) is 7.51. The van der Waals surface area contributed by atoms with Gasteiger partial charge in [0.2, 0.25) is 0 Å². The van der Waals surface area contributed by atoms with Crippen LogP contribution in [-0.2, 0) is 32.0 Å². The third kappa shape index (κ3) is 5.74. The third-order valence-corrected chi connectivity index (χ3v) is 6.93. The summed E-state index contributed by atoms with van der Waals surface area (Å²) in [5.41, 5.74) is 4.51. The molecule has 8 heteroatoms. The molecular formula is C29H30F3N5. The Morgan fingerprint density at radius 3 is 2.51 bits per heavy atom. The Bertz CT molecular complexity index is 1350. The number of hydrogen-bond donors (Lipinski definition) is 1. The number of aromatic nitrogens is 4. The molecule has 0 spiro atoms. The predicted molar refractivity (Wildman–Crippen MR) is 137 cm³/mol. The Kier molecular flexibility index (Phi) is 7.37. The summed E-state index contributed by atoms with van der Waals surface area (Å²) in [6, 6.07) is 19.8. The van der Waals surface area contributed by atoms with Crippen LogP contribution in [-0.4, -0.2) is 26.3 Å². The number of aryl methyl sites for hydroxylation is 1. The molecule has 1 aliphatic carbocycles. The summed E-state index contributed by atoms with van der Waals surface area (Å²) in [6.45, 7) is 2.85. The quantitative estimate of drug-likeness (QED) is 0.314. The molecule has 4 aromatic rings. The Hall–Kier alpha value is -3.52. The Labute approximate surface area is 214 Å². The van der Waals surface area contributed by atoms with Crippen LogP contribution < -0.4 is 5.32 Å². The van der Waals surface area contributed by atoms with Crippen molar-refractivity contribution in [2.75, 3.05) is 6.54 Å². The van der Waals surface area contributed by atoms with Gasteiger partial charge in [-0.15, -0.1) is 0 Å². The van der Waals surface area contributed by atoms with Gasteiger partial charge in [-0.25, -0.2) is 9.97 Å². The SMILES string of the molecule is Cc1ccccc1-c1ccnc(C(Cc2ccccc2)NCCn2nc(C(F)(F)F)c3c2CCCC3)n1. The van der Waals surface area contributed by atoms with Crippen molar-refractivity contribution >= 4 is 0 Å². The fourth-order valence-corrected chi connectivity index (χ4v) is 5.08. The lowest BCUT2D eigenvalue weighted by Crippen LogP contribution is -2.29. The summed E-state index contributed by atoms with van der Waals surface area (Å²) < 4.78 is 42.4. The van der Waals surface area contributed by atoms with Gasteiger partial charge in [0.1, 0.15) is 5.82 Å². The summed E-state index contributed by atoms with van der Waals surface area (Å²) in [7, 11) is 0. The minimum Gasteiger partial charge on any atom is -0.305 e. The summed E-state index contributed by atoms with van der Waals surface area (Å²) in [4.78, 5) is 9.47. The first-order valence-corrected chi connectivity index (χ1v) is 12.7. The second-order valence-electron chi connectivity index (χ2n) is 9.51. The zero-order chi connectivity index (χ0) is 25.8. The van der Waals surface area contributed by atoms with Gasteiger partial charge in [0.25, 0.3) is 0 Å². The molecule has 5 nitrogen and oxygen atoms in total. The van der Waals surface area contributed by atoms with E-state index >= 15 is 0 Å². The largest absolute Gasteiger partial charge is 0.435 e. The summed E-state index contributed by atoms with van der Waals surface area (Å²) in [6.07, 6.45) is 0.723. The number of halogens is 3. The standard InChI is InChI=1S/C29H30F3N5/c1-20-9-5-6-12-22(20)24-15-16-34-28(35-24)25(19-21-10-3-2-4-11-21)33-17-18-37-26-14-8-7-13-23(26)27(36-37)29(30,31)32/h2-6,9-12,15-16,25,33H,7-8,13-14,17-19H2,1H3. The van der Waals surface area contributed by atoms with Crippen molar-refractivity contribution in [1.29, 1.82) is 0 Å². The number of nitrogens with one attached hydrogen (secondary N) is 1. The molecule has 2 aromatic carbocycles. The van der Waals surface area contributed by atoms with Crippen molar-refractivity contribution in [3.63, 3.8) is 0 Å². The zero-order valence-corrected chi connectivity index (χ0v) is 20.8. The lowest BCUT2D eigenvalue weighted by atomic mass is 9.95. The van der Waals surface area contributed by atoms with Crippen molar-refractivity contribution in [3.05, 3.63) is 101 Å². The number of hydrogen-bond acceptors (Lipinski definition) is 4. The normalized spacial score (nSPS) is 14.4. The first kappa shape index (κ1) is 25.1. The third-order valence-electron chi connectivity index (χ3n) is 6.93.